The number of carbonyl (C=O) groups is 1. The van der Waals surface area contributed by atoms with Crippen LogP contribution < -0.4 is 19.8 Å². The molecule has 2 aromatic carbocycles. The molecule has 1 atom stereocenters. The van der Waals surface area contributed by atoms with Gasteiger partial charge in [0.25, 0.3) is 5.91 Å². The predicted octanol–water partition coefficient (Wildman–Crippen LogP) is 4.26. The largest absolute Gasteiger partial charge is 0.493 e. The molecule has 1 saturated heterocycles. The Balaban J connectivity index is 1.48. The second kappa shape index (κ2) is 11.8. The first-order valence-electron chi connectivity index (χ1n) is 11.9. The lowest BCUT2D eigenvalue weighted by Gasteiger charge is -2.26. The zero-order valence-corrected chi connectivity index (χ0v) is 20.7. The minimum Gasteiger partial charge on any atom is -0.493 e. The first-order valence-corrected chi connectivity index (χ1v) is 11.9. The summed E-state index contributed by atoms with van der Waals surface area (Å²) >= 11 is 0. The van der Waals surface area contributed by atoms with Crippen LogP contribution in [0.5, 0.6) is 17.2 Å². The summed E-state index contributed by atoms with van der Waals surface area (Å²) in [4.78, 5) is 26.7. The number of methoxy groups -OCH3 is 1. The lowest BCUT2D eigenvalue weighted by molar-refractivity contribution is -0.135. The van der Waals surface area contributed by atoms with Crippen LogP contribution in [0, 0.1) is 6.92 Å². The number of ether oxygens (including phenoxy) is 4. The highest BCUT2D eigenvalue weighted by molar-refractivity contribution is 5.82. The highest BCUT2D eigenvalue weighted by Gasteiger charge is 2.24. The Bertz CT molecular complexity index is 1280. The van der Waals surface area contributed by atoms with Crippen molar-refractivity contribution in [3.8, 4) is 17.2 Å². The van der Waals surface area contributed by atoms with Gasteiger partial charge in [-0.15, -0.1) is 0 Å². The van der Waals surface area contributed by atoms with Gasteiger partial charge in [-0.3, -0.25) is 4.79 Å². The summed E-state index contributed by atoms with van der Waals surface area (Å²) in [6, 6.07) is 12.3. The summed E-state index contributed by atoms with van der Waals surface area (Å²) in [6.45, 7) is 7.25. The van der Waals surface area contributed by atoms with E-state index in [2.05, 4.69) is 6.58 Å². The van der Waals surface area contributed by atoms with Gasteiger partial charge in [0.15, 0.2) is 18.1 Å². The molecule has 36 heavy (non-hydrogen) atoms. The van der Waals surface area contributed by atoms with E-state index >= 15 is 0 Å². The van der Waals surface area contributed by atoms with Crippen LogP contribution >= 0.6 is 0 Å². The van der Waals surface area contributed by atoms with Gasteiger partial charge in [-0.05, 0) is 55.2 Å². The molecule has 0 bridgehead atoms. The van der Waals surface area contributed by atoms with Crippen LogP contribution in [0.25, 0.3) is 11.0 Å². The van der Waals surface area contributed by atoms with Crippen molar-refractivity contribution < 1.29 is 28.2 Å². The molecular formula is C28H31NO7. The Kier molecular flexibility index (Phi) is 8.28. The van der Waals surface area contributed by atoms with Crippen molar-refractivity contribution in [3.63, 3.8) is 0 Å². The van der Waals surface area contributed by atoms with E-state index in [1.165, 1.54) is 6.07 Å². The normalized spacial score (nSPS) is 15.0. The van der Waals surface area contributed by atoms with E-state index in [4.69, 9.17) is 23.4 Å². The number of aryl methyl sites for hydroxylation is 1. The molecule has 0 radical (unpaired) electrons. The molecule has 0 saturated carbocycles. The maximum absolute atomic E-state index is 13.2. The van der Waals surface area contributed by atoms with Crippen molar-refractivity contribution in [1.29, 1.82) is 0 Å². The minimum absolute atomic E-state index is 0.0102. The molecule has 1 unspecified atom stereocenters. The van der Waals surface area contributed by atoms with Gasteiger partial charge in [-0.1, -0.05) is 18.7 Å². The average Bonchev–Trinajstić information content (AvgIpc) is 3.38. The lowest BCUT2D eigenvalue weighted by Crippen LogP contribution is -2.39. The molecule has 8 nitrogen and oxygen atoms in total. The third kappa shape index (κ3) is 6.26. The van der Waals surface area contributed by atoms with Gasteiger partial charge < -0.3 is 28.3 Å². The molecule has 8 heteroatoms. The molecule has 0 aliphatic carbocycles. The maximum Gasteiger partial charge on any atom is 0.336 e. The monoisotopic (exact) mass is 493 g/mol. The van der Waals surface area contributed by atoms with Crippen LogP contribution in [0.1, 0.15) is 24.0 Å². The van der Waals surface area contributed by atoms with Gasteiger partial charge in [0.2, 0.25) is 0 Å². The molecule has 2 heterocycles. The second-order valence-electron chi connectivity index (χ2n) is 8.69. The Morgan fingerprint density at radius 3 is 2.78 bits per heavy atom. The predicted molar refractivity (Wildman–Crippen MR) is 136 cm³/mol. The Hall–Kier alpha value is -3.78. The molecule has 0 spiro atoms. The Morgan fingerprint density at radius 1 is 1.17 bits per heavy atom. The van der Waals surface area contributed by atoms with Crippen molar-refractivity contribution in [2.45, 2.75) is 32.4 Å². The fourth-order valence-electron chi connectivity index (χ4n) is 4.22. The highest BCUT2D eigenvalue weighted by Crippen LogP contribution is 2.29. The Labute approximate surface area is 210 Å². The molecule has 0 N–H and O–H groups in total. The van der Waals surface area contributed by atoms with Crippen molar-refractivity contribution in [2.75, 3.05) is 33.5 Å². The van der Waals surface area contributed by atoms with Gasteiger partial charge in [-0.2, -0.15) is 0 Å². The third-order valence-corrected chi connectivity index (χ3v) is 6.04. The summed E-state index contributed by atoms with van der Waals surface area (Å²) in [5, 5.41) is 0.822. The second-order valence-corrected chi connectivity index (χ2v) is 8.69. The molecule has 1 aliphatic rings. The number of amides is 1. The number of hydrogen-bond donors (Lipinski definition) is 0. The minimum atomic E-state index is -0.424. The van der Waals surface area contributed by atoms with Crippen molar-refractivity contribution in [3.05, 3.63) is 76.7 Å². The number of nitrogens with zero attached hydrogens (tertiary/aromatic N) is 1. The number of rotatable bonds is 11. The van der Waals surface area contributed by atoms with E-state index in [0.29, 0.717) is 49.1 Å². The summed E-state index contributed by atoms with van der Waals surface area (Å²) in [6.07, 6.45) is 3.54. The van der Waals surface area contributed by atoms with E-state index in [-0.39, 0.29) is 18.6 Å². The molecule has 190 valence electrons. The summed E-state index contributed by atoms with van der Waals surface area (Å²) in [5.41, 5.74) is 1.72. The highest BCUT2D eigenvalue weighted by atomic mass is 16.5. The van der Waals surface area contributed by atoms with Crippen LogP contribution in [0.2, 0.25) is 0 Å². The Morgan fingerprint density at radius 2 is 2.03 bits per heavy atom. The molecule has 1 aromatic heterocycles. The van der Waals surface area contributed by atoms with Crippen LogP contribution in [0.3, 0.4) is 0 Å². The standard InChI is InChI=1S/C28H31NO7/c1-4-11-34-24-10-7-20(14-26(24)32-3)16-29(17-22-6-5-12-33-22)27(30)18-35-21-8-9-23-19(2)13-28(31)36-25(23)15-21/h4,7-10,13-15,22H,1,5-6,11-12,16-18H2,2-3H3. The number of benzene rings is 2. The molecule has 4 rings (SSSR count). The number of hydrogen-bond acceptors (Lipinski definition) is 7. The fraction of sp³-hybridized carbons (Fsp3) is 0.357. The summed E-state index contributed by atoms with van der Waals surface area (Å²) < 4.78 is 28.0. The van der Waals surface area contributed by atoms with Crippen LogP contribution in [0.4, 0.5) is 0 Å². The summed E-state index contributed by atoms with van der Waals surface area (Å²) in [5.74, 6) is 1.47. The van der Waals surface area contributed by atoms with E-state index < -0.39 is 5.63 Å². The summed E-state index contributed by atoms with van der Waals surface area (Å²) in [7, 11) is 1.58. The molecule has 1 amide bonds. The molecule has 3 aromatic rings. The van der Waals surface area contributed by atoms with Crippen LogP contribution in [-0.2, 0) is 16.1 Å². The van der Waals surface area contributed by atoms with Crippen molar-refractivity contribution >= 4 is 16.9 Å². The van der Waals surface area contributed by atoms with Crippen LogP contribution in [0.15, 0.2) is 64.3 Å². The molecule has 1 fully saturated rings. The zero-order valence-electron chi connectivity index (χ0n) is 20.7. The van der Waals surface area contributed by atoms with Crippen molar-refractivity contribution in [2.24, 2.45) is 0 Å². The van der Waals surface area contributed by atoms with E-state index in [1.807, 2.05) is 31.2 Å². The molecule has 1 aliphatic heterocycles. The number of fused-ring (bicyclic) bond motifs is 1. The van der Waals surface area contributed by atoms with Gasteiger partial charge in [-0.25, -0.2) is 4.79 Å². The molecular weight excluding hydrogens is 462 g/mol. The van der Waals surface area contributed by atoms with Crippen LogP contribution in [-0.4, -0.2) is 50.4 Å². The maximum atomic E-state index is 13.2. The topological polar surface area (TPSA) is 87.4 Å². The first-order chi connectivity index (χ1) is 17.5. The van der Waals surface area contributed by atoms with Gasteiger partial charge >= 0.3 is 5.63 Å². The fourth-order valence-corrected chi connectivity index (χ4v) is 4.22. The number of carbonyl (C=O) groups excluding carboxylic acids is 1. The van der Waals surface area contributed by atoms with Crippen molar-refractivity contribution in [1.82, 2.24) is 4.90 Å². The lowest BCUT2D eigenvalue weighted by atomic mass is 10.1. The van der Waals surface area contributed by atoms with Gasteiger partial charge in [0.05, 0.1) is 13.2 Å². The van der Waals surface area contributed by atoms with Gasteiger partial charge in [0.1, 0.15) is 17.9 Å². The zero-order chi connectivity index (χ0) is 25.5. The van der Waals surface area contributed by atoms with E-state index in [9.17, 15) is 9.59 Å². The average molecular weight is 494 g/mol. The van der Waals surface area contributed by atoms with E-state index in [0.717, 1.165) is 29.4 Å². The van der Waals surface area contributed by atoms with Gasteiger partial charge in [0, 0.05) is 37.2 Å². The third-order valence-electron chi connectivity index (χ3n) is 6.04. The van der Waals surface area contributed by atoms with E-state index in [1.54, 1.807) is 30.2 Å². The smallest absolute Gasteiger partial charge is 0.336 e. The first kappa shape index (κ1) is 25.3. The SMILES string of the molecule is C=CCOc1ccc(CN(CC2CCCO2)C(=O)COc2ccc3c(C)cc(=O)oc3c2)cc1OC. The quantitative estimate of drug-likeness (QED) is 0.291.